The number of nitrogens with one attached hydrogen (secondary N) is 1. The lowest BCUT2D eigenvalue weighted by atomic mass is 9.71. The fourth-order valence-electron chi connectivity index (χ4n) is 4.87. The summed E-state index contributed by atoms with van der Waals surface area (Å²) in [6.07, 6.45) is 3.08. The maximum atomic E-state index is 13.6. The Balaban J connectivity index is 1.80. The molecule has 5 heteroatoms. The molecule has 0 aromatic heterocycles. The van der Waals surface area contributed by atoms with E-state index in [2.05, 4.69) is 24.4 Å². The van der Waals surface area contributed by atoms with Crippen LogP contribution in [0, 0.1) is 0 Å². The molecule has 2 aromatic rings. The third-order valence-corrected chi connectivity index (χ3v) is 6.49. The zero-order valence-electron chi connectivity index (χ0n) is 19.5. The van der Waals surface area contributed by atoms with Gasteiger partial charge in [0, 0.05) is 29.0 Å². The molecule has 1 heterocycles. The minimum absolute atomic E-state index is 0.0554. The van der Waals surface area contributed by atoms with Crippen molar-refractivity contribution in [2.24, 2.45) is 0 Å². The molecule has 0 fully saturated rings. The predicted octanol–water partition coefficient (Wildman–Crippen LogP) is 5.40. The van der Waals surface area contributed by atoms with Crippen molar-refractivity contribution in [3.63, 3.8) is 0 Å². The second kappa shape index (κ2) is 10.1. The highest BCUT2D eigenvalue weighted by Crippen LogP contribution is 2.47. The van der Waals surface area contributed by atoms with Gasteiger partial charge < -0.3 is 14.8 Å². The Hall–Kier alpha value is -3.34. The van der Waals surface area contributed by atoms with Crippen molar-refractivity contribution in [2.45, 2.75) is 51.4 Å². The van der Waals surface area contributed by atoms with Crippen LogP contribution in [0.2, 0.25) is 0 Å². The van der Waals surface area contributed by atoms with Gasteiger partial charge in [0.15, 0.2) is 5.78 Å². The Morgan fingerprint density at radius 3 is 2.52 bits per heavy atom. The van der Waals surface area contributed by atoms with Crippen LogP contribution in [0.5, 0.6) is 5.75 Å². The summed E-state index contributed by atoms with van der Waals surface area (Å²) in [5, 5.41) is 3.38. The van der Waals surface area contributed by atoms with Crippen molar-refractivity contribution in [1.29, 1.82) is 0 Å². The van der Waals surface area contributed by atoms with Gasteiger partial charge in [-0.25, -0.2) is 4.79 Å². The highest BCUT2D eigenvalue weighted by molar-refractivity contribution is 6.04. The van der Waals surface area contributed by atoms with E-state index in [1.807, 2.05) is 49.4 Å². The van der Waals surface area contributed by atoms with Crippen LogP contribution in [0.1, 0.15) is 62.5 Å². The van der Waals surface area contributed by atoms with Gasteiger partial charge in [-0.1, -0.05) is 61.9 Å². The van der Waals surface area contributed by atoms with Crippen molar-refractivity contribution in [3.05, 3.63) is 88.3 Å². The summed E-state index contributed by atoms with van der Waals surface area (Å²) in [7, 11) is 1.38. The monoisotopic (exact) mass is 445 g/mol. The smallest absolute Gasteiger partial charge is 0.336 e. The van der Waals surface area contributed by atoms with Gasteiger partial charge in [0.05, 0.1) is 25.2 Å². The molecule has 172 valence electrons. The van der Waals surface area contributed by atoms with Crippen LogP contribution in [0.3, 0.4) is 0 Å². The number of carbonyl (C=O) groups excluding carboxylic acids is 2. The zero-order chi connectivity index (χ0) is 23.4. The van der Waals surface area contributed by atoms with E-state index < -0.39 is 11.9 Å². The number of dihydropyridines is 1. The molecule has 33 heavy (non-hydrogen) atoms. The van der Waals surface area contributed by atoms with E-state index in [0.717, 1.165) is 35.4 Å². The normalized spacial score (nSPS) is 20.3. The van der Waals surface area contributed by atoms with Crippen molar-refractivity contribution >= 4 is 11.8 Å². The summed E-state index contributed by atoms with van der Waals surface area (Å²) in [5.41, 5.74) is 4.71. The third-order valence-electron chi connectivity index (χ3n) is 6.49. The summed E-state index contributed by atoms with van der Waals surface area (Å²) in [4.78, 5) is 26.5. The van der Waals surface area contributed by atoms with Crippen LogP contribution in [-0.4, -0.2) is 25.5 Å². The first-order valence-electron chi connectivity index (χ1n) is 11.6. The van der Waals surface area contributed by atoms with Crippen LogP contribution < -0.4 is 10.1 Å². The largest absolute Gasteiger partial charge is 0.493 e. The molecule has 0 bridgehead atoms. The van der Waals surface area contributed by atoms with E-state index in [1.54, 1.807) is 0 Å². The molecule has 2 aliphatic rings. The summed E-state index contributed by atoms with van der Waals surface area (Å²) in [6, 6.07) is 17.9. The molecule has 2 aromatic carbocycles. The van der Waals surface area contributed by atoms with E-state index in [0.29, 0.717) is 36.3 Å². The first-order valence-corrected chi connectivity index (χ1v) is 11.6. The Bertz CT molecular complexity index is 1100. The summed E-state index contributed by atoms with van der Waals surface area (Å²) < 4.78 is 11.2. The number of para-hydroxylation sites is 1. The molecule has 0 unspecified atom stereocenters. The summed E-state index contributed by atoms with van der Waals surface area (Å²) in [5.74, 6) is -0.0838. The number of hydrogen-bond acceptors (Lipinski definition) is 5. The number of allylic oxidation sites excluding steroid dienone is 3. The number of unbranched alkanes of at least 4 members (excludes halogenated alkanes) is 1. The lowest BCUT2D eigenvalue weighted by molar-refractivity contribution is -0.136. The topological polar surface area (TPSA) is 64.6 Å². The molecule has 0 spiro atoms. The van der Waals surface area contributed by atoms with Gasteiger partial charge in [-0.3, -0.25) is 4.79 Å². The van der Waals surface area contributed by atoms with Crippen LogP contribution >= 0.6 is 0 Å². The average molecular weight is 446 g/mol. The van der Waals surface area contributed by atoms with Gasteiger partial charge in [0.25, 0.3) is 0 Å². The van der Waals surface area contributed by atoms with Crippen molar-refractivity contribution in [1.82, 2.24) is 5.32 Å². The number of benzene rings is 2. The van der Waals surface area contributed by atoms with Crippen LogP contribution in [0.15, 0.2) is 77.1 Å². The summed E-state index contributed by atoms with van der Waals surface area (Å²) in [6.45, 7) is 4.58. The number of ketones is 1. The third kappa shape index (κ3) is 4.58. The molecule has 0 radical (unpaired) electrons. The first kappa shape index (κ1) is 22.8. The number of ether oxygens (including phenoxy) is 2. The zero-order valence-corrected chi connectivity index (χ0v) is 19.5. The molecule has 1 N–H and O–H groups in total. The number of Topliss-reactive ketones (excluding diaryl/α,β-unsaturated/α-hetero) is 1. The van der Waals surface area contributed by atoms with Crippen LogP contribution in [-0.2, 0) is 14.3 Å². The highest BCUT2D eigenvalue weighted by atomic mass is 16.5. The molecule has 2 atom stereocenters. The Morgan fingerprint density at radius 1 is 1.06 bits per heavy atom. The van der Waals surface area contributed by atoms with E-state index in [-0.39, 0.29) is 11.7 Å². The van der Waals surface area contributed by atoms with Crippen molar-refractivity contribution < 1.29 is 19.1 Å². The van der Waals surface area contributed by atoms with Gasteiger partial charge >= 0.3 is 5.97 Å². The van der Waals surface area contributed by atoms with Gasteiger partial charge in [-0.2, -0.15) is 0 Å². The lowest BCUT2D eigenvalue weighted by Gasteiger charge is -2.37. The number of rotatable bonds is 7. The van der Waals surface area contributed by atoms with Crippen LogP contribution in [0.4, 0.5) is 0 Å². The number of esters is 1. The molecular weight excluding hydrogens is 414 g/mol. The van der Waals surface area contributed by atoms with E-state index in [9.17, 15) is 9.59 Å². The van der Waals surface area contributed by atoms with Crippen molar-refractivity contribution in [3.8, 4) is 5.75 Å². The molecule has 5 nitrogen and oxygen atoms in total. The first-order chi connectivity index (χ1) is 16.0. The Kier molecular flexibility index (Phi) is 6.97. The average Bonchev–Trinajstić information content (AvgIpc) is 2.83. The fraction of sp³-hybridized carbons (Fsp3) is 0.357. The maximum absolute atomic E-state index is 13.6. The standard InChI is InChI=1S/C28H31NO4/c1-4-5-15-33-24-14-10-9-13-21(24)26-25(28(31)32-3)18(2)29-22-16-20(17-23(30)27(22)26)19-11-7-6-8-12-19/h6-14,20,26,29H,4-5,15-17H2,1-3H3/t20-,26-/m0/s1. The number of methoxy groups -OCH3 is 1. The predicted molar refractivity (Wildman–Crippen MR) is 128 cm³/mol. The SMILES string of the molecule is CCCCOc1ccccc1[C@H]1C(C(=O)OC)=C(C)NC2=C1C(=O)C[C@@H](c1ccccc1)C2. The fourth-order valence-corrected chi connectivity index (χ4v) is 4.87. The Labute approximate surface area is 195 Å². The minimum Gasteiger partial charge on any atom is -0.493 e. The maximum Gasteiger partial charge on any atom is 0.336 e. The van der Waals surface area contributed by atoms with E-state index >= 15 is 0 Å². The molecule has 1 aliphatic carbocycles. The highest BCUT2D eigenvalue weighted by Gasteiger charge is 2.42. The second-order valence-corrected chi connectivity index (χ2v) is 8.66. The van der Waals surface area contributed by atoms with E-state index in [4.69, 9.17) is 9.47 Å². The van der Waals surface area contributed by atoms with Gasteiger partial charge in [0.2, 0.25) is 0 Å². The second-order valence-electron chi connectivity index (χ2n) is 8.66. The van der Waals surface area contributed by atoms with Gasteiger partial charge in [-0.05, 0) is 37.3 Å². The lowest BCUT2D eigenvalue weighted by Crippen LogP contribution is -2.36. The van der Waals surface area contributed by atoms with Gasteiger partial charge in [0.1, 0.15) is 5.75 Å². The minimum atomic E-state index is -0.518. The quantitative estimate of drug-likeness (QED) is 0.457. The van der Waals surface area contributed by atoms with Crippen LogP contribution in [0.25, 0.3) is 0 Å². The molecule has 1 aliphatic heterocycles. The molecule has 0 amide bonds. The molecule has 4 rings (SSSR count). The van der Waals surface area contributed by atoms with E-state index in [1.165, 1.54) is 7.11 Å². The Morgan fingerprint density at radius 2 is 1.79 bits per heavy atom. The van der Waals surface area contributed by atoms with Crippen molar-refractivity contribution in [2.75, 3.05) is 13.7 Å². The van der Waals surface area contributed by atoms with Gasteiger partial charge in [-0.15, -0.1) is 0 Å². The summed E-state index contributed by atoms with van der Waals surface area (Å²) >= 11 is 0. The molecular formula is C28H31NO4. The molecule has 0 saturated carbocycles. The number of carbonyl (C=O) groups is 2. The number of hydrogen-bond donors (Lipinski definition) is 1. The molecule has 0 saturated heterocycles.